The molecule has 3 aliphatic carbocycles. The van der Waals surface area contributed by atoms with Crippen LogP contribution in [0.5, 0.6) is 0 Å². The fourth-order valence-corrected chi connectivity index (χ4v) is 9.13. The van der Waals surface area contributed by atoms with Gasteiger partial charge in [-0.15, -0.1) is 0 Å². The van der Waals surface area contributed by atoms with Gasteiger partial charge in [0.2, 0.25) is 6.71 Å². The van der Waals surface area contributed by atoms with Crippen LogP contribution in [0.15, 0.2) is 175 Å². The minimum atomic E-state index is 0.188. The zero-order valence-corrected chi connectivity index (χ0v) is 26.9. The Bertz CT molecular complexity index is 2450. The second kappa shape index (κ2) is 10.2. The number of fused-ring (bicyclic) bond motifs is 5. The van der Waals surface area contributed by atoms with E-state index in [4.69, 9.17) is 0 Å². The summed E-state index contributed by atoms with van der Waals surface area (Å²) in [6.07, 6.45) is 14.8. The molecule has 228 valence electrons. The van der Waals surface area contributed by atoms with E-state index in [1.807, 2.05) is 0 Å². The summed E-state index contributed by atoms with van der Waals surface area (Å²) in [6.45, 7) is 0.188. The molecule has 2 aliphatic heterocycles. The zero-order chi connectivity index (χ0) is 32.1. The van der Waals surface area contributed by atoms with E-state index in [0.717, 1.165) is 23.5 Å². The molecule has 1 unspecified atom stereocenters. The summed E-state index contributed by atoms with van der Waals surface area (Å²) in [5.74, 6) is 0.358. The van der Waals surface area contributed by atoms with Gasteiger partial charge >= 0.3 is 0 Å². The third kappa shape index (κ3) is 3.84. The van der Waals surface area contributed by atoms with Crippen LogP contribution in [-0.2, 0) is 6.42 Å². The molecule has 0 amide bonds. The van der Waals surface area contributed by atoms with E-state index in [1.54, 1.807) is 0 Å². The average molecular weight is 623 g/mol. The van der Waals surface area contributed by atoms with Crippen molar-refractivity contribution in [2.75, 3.05) is 9.80 Å². The molecule has 2 heterocycles. The van der Waals surface area contributed by atoms with Crippen molar-refractivity contribution in [3.8, 4) is 11.1 Å². The van der Waals surface area contributed by atoms with Crippen LogP contribution in [0.2, 0.25) is 0 Å². The number of hydrogen-bond donors (Lipinski definition) is 0. The summed E-state index contributed by atoms with van der Waals surface area (Å²) in [4.78, 5) is 4.90. The molecule has 0 aromatic heterocycles. The first kappa shape index (κ1) is 27.0. The van der Waals surface area contributed by atoms with Gasteiger partial charge in [-0.1, -0.05) is 115 Å². The SMILES string of the molecule is C1=CC2=CCc3cc(N4c5ccccc5B5c6ccc(N(c7ccccc7)c7ccccc7)cc6-c6cccc4c65)cc4c3C2C(=C1)C=C4. The average Bonchev–Trinajstić information content (AvgIpc) is 3.50. The zero-order valence-electron chi connectivity index (χ0n) is 26.9. The highest BCUT2D eigenvalue weighted by molar-refractivity contribution is 7.01. The van der Waals surface area contributed by atoms with Crippen LogP contribution < -0.4 is 26.2 Å². The van der Waals surface area contributed by atoms with E-state index in [0.29, 0.717) is 5.92 Å². The number of allylic oxidation sites excluding steroid dienone is 7. The molecule has 1 atom stereocenters. The highest BCUT2D eigenvalue weighted by Gasteiger charge is 2.43. The molecule has 2 nitrogen and oxygen atoms in total. The highest BCUT2D eigenvalue weighted by atomic mass is 15.2. The summed E-state index contributed by atoms with van der Waals surface area (Å²) in [7, 11) is 0. The van der Waals surface area contributed by atoms with E-state index >= 15 is 0 Å². The van der Waals surface area contributed by atoms with E-state index in [1.165, 1.54) is 72.4 Å². The first-order chi connectivity index (χ1) is 24.3. The molecule has 6 aromatic rings. The largest absolute Gasteiger partial charge is 0.311 e. The number of para-hydroxylation sites is 3. The lowest BCUT2D eigenvalue weighted by atomic mass is 9.37. The van der Waals surface area contributed by atoms with Gasteiger partial charge in [-0.05, 0) is 117 Å². The molecule has 0 saturated heterocycles. The van der Waals surface area contributed by atoms with Gasteiger partial charge in [0.05, 0.1) is 0 Å². The van der Waals surface area contributed by atoms with Gasteiger partial charge in [-0.3, -0.25) is 0 Å². The topological polar surface area (TPSA) is 6.48 Å². The van der Waals surface area contributed by atoms with Gasteiger partial charge in [0.15, 0.2) is 0 Å². The molecule has 5 aliphatic rings. The van der Waals surface area contributed by atoms with Gasteiger partial charge in [-0.2, -0.15) is 0 Å². The first-order valence-corrected chi connectivity index (χ1v) is 17.3. The highest BCUT2D eigenvalue weighted by Crippen LogP contribution is 2.49. The van der Waals surface area contributed by atoms with Gasteiger partial charge in [0.1, 0.15) is 0 Å². The number of rotatable bonds is 4. The Morgan fingerprint density at radius 1 is 0.592 bits per heavy atom. The second-order valence-corrected chi connectivity index (χ2v) is 13.7. The summed E-state index contributed by atoms with van der Waals surface area (Å²) in [5.41, 5.74) is 21.2. The Balaban J connectivity index is 1.09. The van der Waals surface area contributed by atoms with Crippen molar-refractivity contribution in [2.24, 2.45) is 0 Å². The molecule has 0 spiro atoms. The van der Waals surface area contributed by atoms with E-state index in [2.05, 4.69) is 180 Å². The number of nitrogens with zero attached hydrogens (tertiary/aromatic N) is 2. The van der Waals surface area contributed by atoms with Gasteiger partial charge in [0, 0.05) is 40.0 Å². The molecule has 0 radical (unpaired) electrons. The van der Waals surface area contributed by atoms with Crippen LogP contribution in [0.25, 0.3) is 17.2 Å². The molecule has 0 fully saturated rings. The molecule has 49 heavy (non-hydrogen) atoms. The molecule has 0 bridgehead atoms. The van der Waals surface area contributed by atoms with Crippen molar-refractivity contribution >= 4 is 63.3 Å². The van der Waals surface area contributed by atoms with Crippen molar-refractivity contribution in [3.63, 3.8) is 0 Å². The van der Waals surface area contributed by atoms with E-state index in [9.17, 15) is 0 Å². The Labute approximate surface area is 287 Å². The maximum Gasteiger partial charge on any atom is 0.248 e. The summed E-state index contributed by atoms with van der Waals surface area (Å²) in [5, 5.41) is 0. The standard InChI is InChI=1S/C46H31BN2/c1-3-13-34(14-4-1)48(35-15-5-2-6-16-35)36-25-26-40-39(29-36)38-17-10-20-43-46(38)47(40)41-18-7-8-19-42(41)49(43)37-27-32-23-21-30-11-9-12-31-22-24-33(28-37)45(32)44(30)31/h1-23,25-29,44H,24H2. The van der Waals surface area contributed by atoms with Gasteiger partial charge in [0.25, 0.3) is 0 Å². The lowest BCUT2D eigenvalue weighted by Gasteiger charge is -2.38. The van der Waals surface area contributed by atoms with Crippen molar-refractivity contribution < 1.29 is 0 Å². The predicted octanol–water partition coefficient (Wildman–Crippen LogP) is 9.53. The minimum Gasteiger partial charge on any atom is -0.311 e. The lowest BCUT2D eigenvalue weighted by Crippen LogP contribution is -2.54. The maximum absolute atomic E-state index is 2.54. The van der Waals surface area contributed by atoms with E-state index in [-0.39, 0.29) is 6.71 Å². The molecule has 3 heteroatoms. The summed E-state index contributed by atoms with van der Waals surface area (Å²) in [6, 6.07) is 49.4. The molecule has 0 N–H and O–H groups in total. The summed E-state index contributed by atoms with van der Waals surface area (Å²) < 4.78 is 0. The smallest absolute Gasteiger partial charge is 0.248 e. The van der Waals surface area contributed by atoms with Crippen LogP contribution in [0.4, 0.5) is 34.1 Å². The molecular weight excluding hydrogens is 591 g/mol. The minimum absolute atomic E-state index is 0.188. The van der Waals surface area contributed by atoms with Crippen molar-refractivity contribution in [2.45, 2.75) is 12.3 Å². The van der Waals surface area contributed by atoms with Crippen LogP contribution in [0, 0.1) is 0 Å². The van der Waals surface area contributed by atoms with Crippen molar-refractivity contribution in [1.29, 1.82) is 0 Å². The number of benzene rings is 6. The Hall–Kier alpha value is -6.06. The van der Waals surface area contributed by atoms with Crippen LogP contribution in [0.1, 0.15) is 22.6 Å². The van der Waals surface area contributed by atoms with Crippen LogP contribution in [-0.4, -0.2) is 6.71 Å². The maximum atomic E-state index is 2.54. The molecule has 11 rings (SSSR count). The quantitative estimate of drug-likeness (QED) is 0.181. The first-order valence-electron chi connectivity index (χ1n) is 17.3. The lowest BCUT2D eigenvalue weighted by molar-refractivity contribution is 0.892. The normalized spacial score (nSPS) is 16.7. The Kier molecular flexibility index (Phi) is 5.62. The third-order valence-corrected chi connectivity index (χ3v) is 11.1. The fourth-order valence-electron chi connectivity index (χ4n) is 9.13. The summed E-state index contributed by atoms with van der Waals surface area (Å²) >= 11 is 0. The number of anilines is 6. The van der Waals surface area contributed by atoms with Crippen molar-refractivity contribution in [1.82, 2.24) is 0 Å². The van der Waals surface area contributed by atoms with Crippen LogP contribution in [0.3, 0.4) is 0 Å². The second-order valence-electron chi connectivity index (χ2n) is 13.7. The van der Waals surface area contributed by atoms with Gasteiger partial charge in [-0.25, -0.2) is 0 Å². The monoisotopic (exact) mass is 622 g/mol. The Morgan fingerprint density at radius 2 is 1.37 bits per heavy atom. The number of hydrogen-bond acceptors (Lipinski definition) is 2. The Morgan fingerprint density at radius 3 is 2.20 bits per heavy atom. The van der Waals surface area contributed by atoms with Gasteiger partial charge < -0.3 is 9.80 Å². The van der Waals surface area contributed by atoms with Crippen molar-refractivity contribution in [3.05, 3.63) is 192 Å². The molecule has 6 aromatic carbocycles. The molecular formula is C46H31BN2. The third-order valence-electron chi connectivity index (χ3n) is 11.1. The predicted molar refractivity (Wildman–Crippen MR) is 207 cm³/mol. The van der Waals surface area contributed by atoms with E-state index < -0.39 is 0 Å². The fraction of sp³-hybridized carbons (Fsp3) is 0.0435. The molecule has 0 saturated carbocycles. The van der Waals surface area contributed by atoms with Crippen LogP contribution >= 0.6 is 0 Å².